The zero-order valence-corrected chi connectivity index (χ0v) is 14.9. The molecule has 1 heterocycles. The van der Waals surface area contributed by atoms with E-state index in [0.29, 0.717) is 19.0 Å². The molecule has 23 heavy (non-hydrogen) atoms. The summed E-state index contributed by atoms with van der Waals surface area (Å²) in [5, 5.41) is 3.04. The van der Waals surface area contributed by atoms with Crippen LogP contribution in [0, 0.1) is 0 Å². The summed E-state index contributed by atoms with van der Waals surface area (Å²) in [6.07, 6.45) is 1.36. The van der Waals surface area contributed by atoms with Crippen molar-refractivity contribution in [1.29, 1.82) is 0 Å². The molecule has 1 aromatic rings. The van der Waals surface area contributed by atoms with E-state index >= 15 is 0 Å². The predicted molar refractivity (Wildman–Crippen MR) is 92.8 cm³/mol. The van der Waals surface area contributed by atoms with E-state index in [1.54, 1.807) is 0 Å². The van der Waals surface area contributed by atoms with E-state index in [2.05, 4.69) is 57.3 Å². The predicted octanol–water partition coefficient (Wildman–Crippen LogP) is 1.16. The normalized spacial score (nSPS) is 24.7. The first kappa shape index (κ1) is 18.0. The molecule has 4 heteroatoms. The van der Waals surface area contributed by atoms with E-state index in [1.807, 2.05) is 0 Å². The van der Waals surface area contributed by atoms with Crippen LogP contribution < -0.4 is 10.2 Å². The second kappa shape index (κ2) is 8.46. The van der Waals surface area contributed by atoms with E-state index in [4.69, 9.17) is 4.74 Å². The first-order valence-corrected chi connectivity index (χ1v) is 8.78. The fourth-order valence-electron chi connectivity index (χ4n) is 3.24. The van der Waals surface area contributed by atoms with Gasteiger partial charge >= 0.3 is 0 Å². The molecule has 2 rings (SSSR count). The lowest BCUT2D eigenvalue weighted by Crippen LogP contribution is -3.16. The molecule has 3 atom stereocenters. The van der Waals surface area contributed by atoms with Gasteiger partial charge in [0.15, 0.2) is 6.54 Å². The molecule has 2 N–H and O–H groups in total. The van der Waals surface area contributed by atoms with Crippen LogP contribution >= 0.6 is 0 Å². The average Bonchev–Trinajstić information content (AvgIpc) is 2.46. The van der Waals surface area contributed by atoms with E-state index in [0.717, 1.165) is 19.5 Å². The molecule has 1 unspecified atom stereocenters. The summed E-state index contributed by atoms with van der Waals surface area (Å²) in [7, 11) is 0. The monoisotopic (exact) mass is 319 g/mol. The fourth-order valence-corrected chi connectivity index (χ4v) is 3.24. The van der Waals surface area contributed by atoms with Gasteiger partial charge in [-0.3, -0.25) is 4.79 Å². The van der Waals surface area contributed by atoms with Crippen LogP contribution in [0.3, 0.4) is 0 Å². The summed E-state index contributed by atoms with van der Waals surface area (Å²) < 4.78 is 5.71. The van der Waals surface area contributed by atoms with Gasteiger partial charge in [-0.15, -0.1) is 0 Å². The highest BCUT2D eigenvalue weighted by atomic mass is 16.5. The van der Waals surface area contributed by atoms with Gasteiger partial charge in [-0.2, -0.15) is 0 Å². The Morgan fingerprint density at radius 1 is 1.22 bits per heavy atom. The number of benzene rings is 1. The third-order valence-corrected chi connectivity index (χ3v) is 4.41. The molecule has 1 aliphatic rings. The smallest absolute Gasteiger partial charge is 0.275 e. The molecule has 0 saturated carbocycles. The zero-order chi connectivity index (χ0) is 16.8. The van der Waals surface area contributed by atoms with Gasteiger partial charge in [-0.05, 0) is 37.3 Å². The highest BCUT2D eigenvalue weighted by Crippen LogP contribution is 2.14. The van der Waals surface area contributed by atoms with Crippen LogP contribution in [0.5, 0.6) is 0 Å². The lowest BCUT2D eigenvalue weighted by atomic mass is 10.0. The van der Waals surface area contributed by atoms with Crippen LogP contribution in [-0.2, 0) is 16.0 Å². The average molecular weight is 319 g/mol. The van der Waals surface area contributed by atoms with Crippen LogP contribution in [0.15, 0.2) is 24.3 Å². The molecule has 0 spiro atoms. The Hall–Kier alpha value is -1.39. The summed E-state index contributed by atoms with van der Waals surface area (Å²) in [5.41, 5.74) is 2.63. The standard InChI is InChI=1S/C19H30N2O2/c1-14(2)18-7-5-17(6-8-18)9-10-20-19(22)13-21-11-15(3)23-16(4)12-21/h5-8,14-16H,9-13H2,1-4H3,(H,20,22)/p+1/t15-,16+. The molecule has 128 valence electrons. The number of rotatable bonds is 6. The molecule has 0 aliphatic carbocycles. The number of carbonyl (C=O) groups is 1. The number of nitrogens with one attached hydrogen (secondary N) is 2. The summed E-state index contributed by atoms with van der Waals surface area (Å²) in [6.45, 7) is 11.6. The van der Waals surface area contributed by atoms with Gasteiger partial charge in [-0.1, -0.05) is 38.1 Å². The summed E-state index contributed by atoms with van der Waals surface area (Å²) >= 11 is 0. The second-order valence-corrected chi connectivity index (χ2v) is 7.09. The highest BCUT2D eigenvalue weighted by molar-refractivity contribution is 5.76. The third kappa shape index (κ3) is 5.96. The molecule has 0 aromatic heterocycles. The Labute approximate surface area is 140 Å². The first-order chi connectivity index (χ1) is 10.9. The minimum atomic E-state index is 0.139. The maximum absolute atomic E-state index is 12.1. The molecule has 1 aromatic carbocycles. The molecule has 0 bridgehead atoms. The number of quaternary nitrogens is 1. The van der Waals surface area contributed by atoms with Crippen molar-refractivity contribution >= 4 is 5.91 Å². The van der Waals surface area contributed by atoms with Crippen LogP contribution in [0.25, 0.3) is 0 Å². The molecule has 4 nitrogen and oxygen atoms in total. The summed E-state index contributed by atoms with van der Waals surface area (Å²) in [4.78, 5) is 13.4. The van der Waals surface area contributed by atoms with E-state index in [9.17, 15) is 4.79 Å². The SMILES string of the molecule is CC(C)c1ccc(CCNC(=O)C[NH+]2C[C@@H](C)O[C@@H](C)C2)cc1. The molecule has 0 radical (unpaired) electrons. The molecule has 1 aliphatic heterocycles. The highest BCUT2D eigenvalue weighted by Gasteiger charge is 2.26. The number of carbonyl (C=O) groups excluding carboxylic acids is 1. The largest absolute Gasteiger partial charge is 0.364 e. The van der Waals surface area contributed by atoms with Crippen molar-refractivity contribution in [2.75, 3.05) is 26.2 Å². The Bertz CT molecular complexity index is 489. The Morgan fingerprint density at radius 3 is 2.39 bits per heavy atom. The number of ether oxygens (including phenoxy) is 1. The maximum Gasteiger partial charge on any atom is 0.275 e. The number of morpholine rings is 1. The molecule has 1 fully saturated rings. The maximum atomic E-state index is 12.1. The molecular formula is C19H31N2O2+. The minimum absolute atomic E-state index is 0.139. The van der Waals surface area contributed by atoms with Crippen LogP contribution in [0.2, 0.25) is 0 Å². The lowest BCUT2D eigenvalue weighted by molar-refractivity contribution is -0.907. The van der Waals surface area contributed by atoms with E-state index < -0.39 is 0 Å². The number of hydrogen-bond donors (Lipinski definition) is 2. The topological polar surface area (TPSA) is 42.8 Å². The lowest BCUT2D eigenvalue weighted by Gasteiger charge is -2.31. The number of amides is 1. The van der Waals surface area contributed by atoms with Gasteiger partial charge in [0.2, 0.25) is 0 Å². The van der Waals surface area contributed by atoms with Crippen molar-refractivity contribution in [1.82, 2.24) is 5.32 Å². The van der Waals surface area contributed by atoms with Gasteiger partial charge in [0.25, 0.3) is 5.91 Å². The van der Waals surface area contributed by atoms with Crippen molar-refractivity contribution < 1.29 is 14.4 Å². The van der Waals surface area contributed by atoms with Crippen molar-refractivity contribution in [2.45, 2.75) is 52.2 Å². The summed E-state index contributed by atoms with van der Waals surface area (Å²) in [5.74, 6) is 0.699. The van der Waals surface area contributed by atoms with Gasteiger partial charge in [-0.25, -0.2) is 0 Å². The third-order valence-electron chi connectivity index (χ3n) is 4.41. The number of hydrogen-bond acceptors (Lipinski definition) is 2. The zero-order valence-electron chi connectivity index (χ0n) is 14.9. The van der Waals surface area contributed by atoms with Crippen molar-refractivity contribution in [3.63, 3.8) is 0 Å². The van der Waals surface area contributed by atoms with Gasteiger partial charge in [0.1, 0.15) is 25.3 Å². The molecule has 1 saturated heterocycles. The fraction of sp³-hybridized carbons (Fsp3) is 0.632. The minimum Gasteiger partial charge on any atom is -0.364 e. The van der Waals surface area contributed by atoms with Crippen molar-refractivity contribution in [3.8, 4) is 0 Å². The first-order valence-electron chi connectivity index (χ1n) is 8.78. The van der Waals surface area contributed by atoms with Crippen LogP contribution in [0.4, 0.5) is 0 Å². The van der Waals surface area contributed by atoms with E-state index in [1.165, 1.54) is 16.0 Å². The second-order valence-electron chi connectivity index (χ2n) is 7.09. The Kier molecular flexibility index (Phi) is 6.60. The molecule has 1 amide bonds. The van der Waals surface area contributed by atoms with E-state index in [-0.39, 0.29) is 18.1 Å². The van der Waals surface area contributed by atoms with Gasteiger partial charge in [0.05, 0.1) is 0 Å². The van der Waals surface area contributed by atoms with Crippen molar-refractivity contribution in [2.24, 2.45) is 0 Å². The van der Waals surface area contributed by atoms with Crippen LogP contribution in [-0.4, -0.2) is 44.3 Å². The Morgan fingerprint density at radius 2 is 1.83 bits per heavy atom. The van der Waals surface area contributed by atoms with Crippen LogP contribution in [0.1, 0.15) is 44.7 Å². The summed E-state index contributed by atoms with van der Waals surface area (Å²) in [6, 6.07) is 8.70. The van der Waals surface area contributed by atoms with Gasteiger partial charge < -0.3 is 15.0 Å². The quantitative estimate of drug-likeness (QED) is 0.826. The van der Waals surface area contributed by atoms with Gasteiger partial charge in [0, 0.05) is 6.54 Å². The molecular weight excluding hydrogens is 288 g/mol. The van der Waals surface area contributed by atoms with Crippen molar-refractivity contribution in [3.05, 3.63) is 35.4 Å². The Balaban J connectivity index is 1.70.